The third-order valence-corrected chi connectivity index (χ3v) is 4.73. The minimum Gasteiger partial charge on any atom is -0.497 e. The molecule has 0 bridgehead atoms. The molecule has 0 aliphatic carbocycles. The third-order valence-electron chi connectivity index (χ3n) is 3.79. The summed E-state index contributed by atoms with van der Waals surface area (Å²) in [5.41, 5.74) is 1.65. The summed E-state index contributed by atoms with van der Waals surface area (Å²) >= 11 is 1.48. The van der Waals surface area contributed by atoms with Crippen molar-refractivity contribution >= 4 is 17.3 Å². The Kier molecular flexibility index (Phi) is 4.45. The maximum Gasteiger partial charge on any atom is 0.317 e. The van der Waals surface area contributed by atoms with E-state index in [2.05, 4.69) is 4.98 Å². The average molecular weight is 369 g/mol. The first-order chi connectivity index (χ1) is 12.7. The SMILES string of the molecule is COc1ccc(-c2nc(CC(=O)Oc3ccc4c(c3)OCO4)cs2)cc1. The highest BCUT2D eigenvalue weighted by atomic mass is 32.1. The molecule has 0 saturated heterocycles. The molecule has 3 aromatic rings. The summed E-state index contributed by atoms with van der Waals surface area (Å²) in [6.45, 7) is 0.180. The first kappa shape index (κ1) is 16.4. The Bertz CT molecular complexity index is 935. The quantitative estimate of drug-likeness (QED) is 0.505. The highest BCUT2D eigenvalue weighted by Gasteiger charge is 2.16. The lowest BCUT2D eigenvalue weighted by Crippen LogP contribution is -2.11. The molecule has 1 aliphatic rings. The molecule has 6 nitrogen and oxygen atoms in total. The lowest BCUT2D eigenvalue weighted by molar-refractivity contribution is -0.133. The number of hydrogen-bond donors (Lipinski definition) is 0. The monoisotopic (exact) mass is 369 g/mol. The summed E-state index contributed by atoms with van der Waals surface area (Å²) < 4.78 is 21.0. The summed E-state index contributed by atoms with van der Waals surface area (Å²) in [6, 6.07) is 12.7. The lowest BCUT2D eigenvalue weighted by Gasteiger charge is -2.04. The highest BCUT2D eigenvalue weighted by molar-refractivity contribution is 7.13. The van der Waals surface area contributed by atoms with Crippen LogP contribution in [0.15, 0.2) is 47.8 Å². The van der Waals surface area contributed by atoms with Gasteiger partial charge in [-0.1, -0.05) is 0 Å². The second kappa shape index (κ2) is 7.05. The summed E-state index contributed by atoms with van der Waals surface area (Å²) in [4.78, 5) is 16.7. The number of ether oxygens (including phenoxy) is 4. The first-order valence-corrected chi connectivity index (χ1v) is 8.78. The van der Waals surface area contributed by atoms with Gasteiger partial charge in [0.1, 0.15) is 16.5 Å². The van der Waals surface area contributed by atoms with Crippen molar-refractivity contribution in [3.63, 3.8) is 0 Å². The van der Waals surface area contributed by atoms with E-state index in [-0.39, 0.29) is 19.2 Å². The van der Waals surface area contributed by atoms with Crippen LogP contribution in [-0.4, -0.2) is 24.9 Å². The number of benzene rings is 2. The fourth-order valence-electron chi connectivity index (χ4n) is 2.51. The van der Waals surface area contributed by atoms with Gasteiger partial charge in [0.05, 0.1) is 19.2 Å². The van der Waals surface area contributed by atoms with E-state index in [1.807, 2.05) is 29.6 Å². The predicted molar refractivity (Wildman–Crippen MR) is 96.0 cm³/mol. The number of hydrogen-bond acceptors (Lipinski definition) is 7. The molecule has 0 N–H and O–H groups in total. The molecule has 0 amide bonds. The van der Waals surface area contributed by atoms with Gasteiger partial charge < -0.3 is 18.9 Å². The van der Waals surface area contributed by atoms with Crippen LogP contribution >= 0.6 is 11.3 Å². The summed E-state index contributed by atoms with van der Waals surface area (Å²) in [5, 5.41) is 2.71. The fraction of sp³-hybridized carbons (Fsp3) is 0.158. The van der Waals surface area contributed by atoms with Crippen LogP contribution < -0.4 is 18.9 Å². The lowest BCUT2D eigenvalue weighted by atomic mass is 10.2. The van der Waals surface area contributed by atoms with Crippen molar-refractivity contribution in [1.29, 1.82) is 0 Å². The van der Waals surface area contributed by atoms with Crippen LogP contribution in [0.2, 0.25) is 0 Å². The molecular formula is C19H15NO5S. The number of rotatable bonds is 5. The molecule has 1 aliphatic heterocycles. The number of carbonyl (C=O) groups is 1. The molecule has 2 heterocycles. The molecule has 0 saturated carbocycles. The Balaban J connectivity index is 1.41. The second-order valence-electron chi connectivity index (χ2n) is 5.54. The maximum atomic E-state index is 12.2. The minimum absolute atomic E-state index is 0.0983. The van der Waals surface area contributed by atoms with Crippen LogP contribution in [0.25, 0.3) is 10.6 Å². The number of esters is 1. The van der Waals surface area contributed by atoms with Crippen molar-refractivity contribution in [2.75, 3.05) is 13.9 Å². The average Bonchev–Trinajstić information content (AvgIpc) is 3.30. The molecule has 0 fully saturated rings. The zero-order valence-corrected chi connectivity index (χ0v) is 14.7. The molecule has 0 atom stereocenters. The number of carbonyl (C=O) groups excluding carboxylic acids is 1. The normalized spacial score (nSPS) is 12.0. The van der Waals surface area contributed by atoms with Crippen LogP contribution in [0.4, 0.5) is 0 Å². The standard InChI is InChI=1S/C19H15NO5S/c1-22-14-4-2-12(3-5-14)19-20-13(10-26-19)8-18(21)25-15-6-7-16-17(9-15)24-11-23-16/h2-7,9-10H,8,11H2,1H3. The van der Waals surface area contributed by atoms with Crippen LogP contribution in [0.3, 0.4) is 0 Å². The summed E-state index contributed by atoms with van der Waals surface area (Å²) in [7, 11) is 1.63. The van der Waals surface area contributed by atoms with Gasteiger partial charge in [-0.2, -0.15) is 0 Å². The Hall–Kier alpha value is -3.06. The Morgan fingerprint density at radius 3 is 2.69 bits per heavy atom. The number of thiazole rings is 1. The predicted octanol–water partition coefficient (Wildman–Crippen LogP) is 3.70. The van der Waals surface area contributed by atoms with Crippen LogP contribution in [0, 0.1) is 0 Å². The maximum absolute atomic E-state index is 12.2. The largest absolute Gasteiger partial charge is 0.497 e. The van der Waals surface area contributed by atoms with Crippen LogP contribution in [0.1, 0.15) is 5.69 Å². The number of methoxy groups -OCH3 is 1. The number of nitrogens with zero attached hydrogens (tertiary/aromatic N) is 1. The summed E-state index contributed by atoms with van der Waals surface area (Å²) in [6.07, 6.45) is 0.0983. The van der Waals surface area contributed by atoms with Crippen molar-refractivity contribution in [1.82, 2.24) is 4.98 Å². The zero-order valence-electron chi connectivity index (χ0n) is 13.9. The van der Waals surface area contributed by atoms with E-state index in [4.69, 9.17) is 18.9 Å². The van der Waals surface area contributed by atoms with Gasteiger partial charge in [-0.3, -0.25) is 4.79 Å². The molecule has 7 heteroatoms. The zero-order chi connectivity index (χ0) is 17.9. The van der Waals surface area contributed by atoms with E-state index >= 15 is 0 Å². The molecule has 1 aromatic heterocycles. The van der Waals surface area contributed by atoms with Crippen molar-refractivity contribution in [2.24, 2.45) is 0 Å². The van der Waals surface area contributed by atoms with Gasteiger partial charge in [0.2, 0.25) is 6.79 Å². The summed E-state index contributed by atoms with van der Waals surface area (Å²) in [5.74, 6) is 2.05. The van der Waals surface area contributed by atoms with Gasteiger partial charge in [-0.05, 0) is 36.4 Å². The van der Waals surface area contributed by atoms with Gasteiger partial charge in [-0.15, -0.1) is 11.3 Å². The molecule has 0 spiro atoms. The Morgan fingerprint density at radius 1 is 1.12 bits per heavy atom. The molecule has 0 radical (unpaired) electrons. The van der Waals surface area contributed by atoms with E-state index in [9.17, 15) is 4.79 Å². The van der Waals surface area contributed by atoms with Crippen LogP contribution in [-0.2, 0) is 11.2 Å². The smallest absolute Gasteiger partial charge is 0.317 e. The van der Waals surface area contributed by atoms with Gasteiger partial charge in [-0.25, -0.2) is 4.98 Å². The first-order valence-electron chi connectivity index (χ1n) is 7.90. The van der Waals surface area contributed by atoms with Crippen molar-refractivity contribution in [3.8, 4) is 33.6 Å². The van der Waals surface area contributed by atoms with Gasteiger partial charge in [0.25, 0.3) is 0 Å². The molecule has 0 unspecified atom stereocenters. The van der Waals surface area contributed by atoms with E-state index in [0.717, 1.165) is 16.3 Å². The second-order valence-corrected chi connectivity index (χ2v) is 6.40. The Labute approximate surface area is 153 Å². The van der Waals surface area contributed by atoms with Gasteiger partial charge in [0.15, 0.2) is 11.5 Å². The number of aromatic nitrogens is 1. The van der Waals surface area contributed by atoms with E-state index < -0.39 is 0 Å². The molecule has 4 rings (SSSR count). The minimum atomic E-state index is -0.379. The topological polar surface area (TPSA) is 66.9 Å². The van der Waals surface area contributed by atoms with E-state index in [1.54, 1.807) is 25.3 Å². The Morgan fingerprint density at radius 2 is 1.88 bits per heavy atom. The fourth-order valence-corrected chi connectivity index (χ4v) is 3.34. The van der Waals surface area contributed by atoms with Gasteiger partial charge in [0, 0.05) is 17.0 Å². The molecule has 132 valence electrons. The van der Waals surface area contributed by atoms with Crippen LogP contribution in [0.5, 0.6) is 23.0 Å². The van der Waals surface area contributed by atoms with E-state index in [0.29, 0.717) is 22.9 Å². The highest BCUT2D eigenvalue weighted by Crippen LogP contribution is 2.35. The van der Waals surface area contributed by atoms with Gasteiger partial charge >= 0.3 is 5.97 Å². The van der Waals surface area contributed by atoms with E-state index in [1.165, 1.54) is 11.3 Å². The number of fused-ring (bicyclic) bond motifs is 1. The molecule has 26 heavy (non-hydrogen) atoms. The molecular weight excluding hydrogens is 354 g/mol. The van der Waals surface area contributed by atoms with Crippen molar-refractivity contribution in [2.45, 2.75) is 6.42 Å². The van der Waals surface area contributed by atoms with Crippen molar-refractivity contribution < 1.29 is 23.7 Å². The third kappa shape index (κ3) is 3.48. The van der Waals surface area contributed by atoms with Crippen molar-refractivity contribution in [3.05, 3.63) is 53.5 Å². The molecule has 2 aromatic carbocycles.